The number of nitrogens with zero attached hydrogens (tertiary/aromatic N) is 4. The number of esters is 1. The molecular formula is C33H39N7O5. The van der Waals surface area contributed by atoms with Crippen LogP contribution in [0.15, 0.2) is 48.9 Å². The summed E-state index contributed by atoms with van der Waals surface area (Å²) in [5.74, 6) is 0.756. The van der Waals surface area contributed by atoms with Crippen molar-refractivity contribution in [2.45, 2.75) is 45.3 Å². The molecule has 4 aromatic rings. The number of ether oxygens (including phenoxy) is 3. The summed E-state index contributed by atoms with van der Waals surface area (Å²) in [6.07, 6.45) is 5.69. The molecule has 1 aliphatic carbocycles. The zero-order valence-corrected chi connectivity index (χ0v) is 26.1. The predicted molar refractivity (Wildman–Crippen MR) is 174 cm³/mol. The number of urea groups is 1. The van der Waals surface area contributed by atoms with Gasteiger partial charge in [-0.25, -0.2) is 19.6 Å². The highest BCUT2D eigenvalue weighted by Gasteiger charge is 2.27. The topological polar surface area (TPSA) is 132 Å². The number of nitrogens with one attached hydrogen (secondary N) is 3. The summed E-state index contributed by atoms with van der Waals surface area (Å²) >= 11 is 0. The molecule has 2 amide bonds. The van der Waals surface area contributed by atoms with Crippen LogP contribution in [0.25, 0.3) is 22.2 Å². The number of carbonyl (C=O) groups is 2. The van der Waals surface area contributed by atoms with Gasteiger partial charge in [-0.3, -0.25) is 0 Å². The zero-order chi connectivity index (χ0) is 31.5. The standard InChI is InChI=1S/C33H39N7O5/c1-20(2)45-32(41)23-18-34-19-35-30(23)29-22-10-5-6-11-26(22)39(3)31(29)37-25-16-24(38-33(42)36-21-8-7-9-21)27(17-28(25)43-4)40-12-14-44-15-13-40/h5-6,10-11,16-21,37H,7-9,12-15H2,1-4H3,(H2,36,38,42). The number of aryl methyl sites for hydroxylation is 1. The summed E-state index contributed by atoms with van der Waals surface area (Å²) in [4.78, 5) is 37.2. The van der Waals surface area contributed by atoms with E-state index in [0.717, 1.165) is 35.9 Å². The van der Waals surface area contributed by atoms with Crippen LogP contribution in [0.2, 0.25) is 0 Å². The summed E-state index contributed by atoms with van der Waals surface area (Å²) in [6, 6.07) is 11.7. The molecule has 6 rings (SSSR count). The molecule has 12 nitrogen and oxygen atoms in total. The molecule has 1 aliphatic heterocycles. The van der Waals surface area contributed by atoms with Crippen molar-refractivity contribution in [1.82, 2.24) is 19.9 Å². The Morgan fingerprint density at radius 3 is 2.58 bits per heavy atom. The van der Waals surface area contributed by atoms with Gasteiger partial charge in [-0.05, 0) is 45.2 Å². The van der Waals surface area contributed by atoms with Gasteiger partial charge < -0.3 is 39.6 Å². The average Bonchev–Trinajstić information content (AvgIpc) is 3.30. The Labute approximate surface area is 262 Å². The number of morpholine rings is 1. The van der Waals surface area contributed by atoms with Gasteiger partial charge in [0, 0.05) is 43.8 Å². The van der Waals surface area contributed by atoms with Crippen LogP contribution >= 0.6 is 0 Å². The maximum Gasteiger partial charge on any atom is 0.342 e. The Morgan fingerprint density at radius 1 is 1.09 bits per heavy atom. The molecule has 2 aliphatic rings. The normalized spacial score (nSPS) is 15.1. The Kier molecular flexibility index (Phi) is 8.74. The molecule has 3 heterocycles. The largest absolute Gasteiger partial charge is 0.494 e. The maximum atomic E-state index is 13.2. The zero-order valence-electron chi connectivity index (χ0n) is 26.1. The van der Waals surface area contributed by atoms with Crippen LogP contribution in [-0.2, 0) is 16.5 Å². The van der Waals surface area contributed by atoms with Crippen molar-refractivity contribution >= 4 is 45.8 Å². The SMILES string of the molecule is COc1cc(N2CCOCC2)c(NC(=O)NC2CCC2)cc1Nc1c(-c2ncncc2C(=O)OC(C)C)c2ccccc2n1C. The van der Waals surface area contributed by atoms with Crippen LogP contribution in [0.4, 0.5) is 27.7 Å². The van der Waals surface area contributed by atoms with E-state index in [4.69, 9.17) is 14.2 Å². The van der Waals surface area contributed by atoms with E-state index in [1.165, 1.54) is 12.5 Å². The molecule has 12 heteroatoms. The molecule has 2 aromatic heterocycles. The highest BCUT2D eigenvalue weighted by atomic mass is 16.5. The van der Waals surface area contributed by atoms with Gasteiger partial charge in [0.05, 0.1) is 60.3 Å². The third-order valence-electron chi connectivity index (χ3n) is 8.23. The van der Waals surface area contributed by atoms with Gasteiger partial charge in [0.25, 0.3) is 0 Å². The van der Waals surface area contributed by atoms with Crippen LogP contribution in [-0.4, -0.2) is 72.1 Å². The first-order valence-electron chi connectivity index (χ1n) is 15.3. The number of fused-ring (bicyclic) bond motifs is 1. The molecule has 1 saturated heterocycles. The first-order chi connectivity index (χ1) is 21.8. The van der Waals surface area contributed by atoms with Crippen molar-refractivity contribution in [2.24, 2.45) is 7.05 Å². The molecular weight excluding hydrogens is 574 g/mol. The van der Waals surface area contributed by atoms with Gasteiger partial charge in [0.15, 0.2) is 0 Å². The molecule has 1 saturated carbocycles. The Balaban J connectivity index is 1.46. The highest BCUT2D eigenvalue weighted by molar-refractivity contribution is 6.08. The number of rotatable bonds is 9. The summed E-state index contributed by atoms with van der Waals surface area (Å²) in [5.41, 5.74) is 4.45. The molecule has 2 fully saturated rings. The van der Waals surface area contributed by atoms with E-state index in [1.807, 2.05) is 48.0 Å². The minimum atomic E-state index is -0.504. The number of benzene rings is 2. The number of hydrogen-bond donors (Lipinski definition) is 3. The van der Waals surface area contributed by atoms with E-state index < -0.39 is 5.97 Å². The van der Waals surface area contributed by atoms with Gasteiger partial charge in [0.1, 0.15) is 23.5 Å². The lowest BCUT2D eigenvalue weighted by Crippen LogP contribution is -2.42. The summed E-state index contributed by atoms with van der Waals surface area (Å²) < 4.78 is 19.1. The molecule has 0 unspecified atom stereocenters. The summed E-state index contributed by atoms with van der Waals surface area (Å²) in [5, 5.41) is 10.6. The quantitative estimate of drug-likeness (QED) is 0.211. The van der Waals surface area contributed by atoms with Gasteiger partial charge >= 0.3 is 12.0 Å². The van der Waals surface area contributed by atoms with E-state index in [1.54, 1.807) is 21.0 Å². The van der Waals surface area contributed by atoms with E-state index >= 15 is 0 Å². The van der Waals surface area contributed by atoms with Crippen molar-refractivity contribution in [3.8, 4) is 17.0 Å². The van der Waals surface area contributed by atoms with E-state index in [2.05, 4.69) is 30.8 Å². The van der Waals surface area contributed by atoms with Crippen molar-refractivity contribution in [3.63, 3.8) is 0 Å². The number of amides is 2. The van der Waals surface area contributed by atoms with E-state index in [9.17, 15) is 9.59 Å². The Morgan fingerprint density at radius 2 is 1.87 bits per heavy atom. The number of hydrogen-bond acceptors (Lipinski definition) is 9. The maximum absolute atomic E-state index is 13.2. The lowest BCUT2D eigenvalue weighted by Gasteiger charge is -2.32. The highest BCUT2D eigenvalue weighted by Crippen LogP contribution is 2.44. The predicted octanol–water partition coefficient (Wildman–Crippen LogP) is 5.46. The molecule has 3 N–H and O–H groups in total. The van der Waals surface area contributed by atoms with Gasteiger partial charge in [-0.15, -0.1) is 0 Å². The number of anilines is 4. The van der Waals surface area contributed by atoms with Gasteiger partial charge in [0.2, 0.25) is 0 Å². The molecule has 0 bridgehead atoms. The Bertz CT molecular complexity index is 1710. The van der Waals surface area contributed by atoms with Crippen LogP contribution in [0.5, 0.6) is 5.75 Å². The Hall–Kier alpha value is -4.84. The second-order valence-electron chi connectivity index (χ2n) is 11.6. The first-order valence-corrected chi connectivity index (χ1v) is 15.3. The minimum absolute atomic E-state index is 0.190. The third-order valence-corrected chi connectivity index (χ3v) is 8.23. The van der Waals surface area contributed by atoms with Crippen molar-refractivity contribution in [3.05, 3.63) is 54.5 Å². The lowest BCUT2D eigenvalue weighted by molar-refractivity contribution is 0.0378. The monoisotopic (exact) mass is 613 g/mol. The third kappa shape index (κ3) is 6.23. The van der Waals surface area contributed by atoms with Crippen molar-refractivity contribution in [1.29, 1.82) is 0 Å². The smallest absolute Gasteiger partial charge is 0.342 e. The second kappa shape index (κ2) is 13.0. The molecule has 236 valence electrons. The van der Waals surface area contributed by atoms with Crippen LogP contribution in [0, 0.1) is 0 Å². The second-order valence-corrected chi connectivity index (χ2v) is 11.6. The molecule has 0 spiro atoms. The van der Waals surface area contributed by atoms with Crippen LogP contribution in [0.1, 0.15) is 43.5 Å². The van der Waals surface area contributed by atoms with Crippen molar-refractivity contribution in [2.75, 3.05) is 48.9 Å². The summed E-state index contributed by atoms with van der Waals surface area (Å²) in [7, 11) is 3.56. The van der Waals surface area contributed by atoms with Gasteiger partial charge in [-0.1, -0.05) is 18.2 Å². The number of aromatic nitrogens is 3. The lowest BCUT2D eigenvalue weighted by atomic mass is 9.93. The minimum Gasteiger partial charge on any atom is -0.494 e. The molecule has 0 atom stereocenters. The van der Waals surface area contributed by atoms with Gasteiger partial charge in [-0.2, -0.15) is 0 Å². The molecule has 2 aromatic carbocycles. The van der Waals surface area contributed by atoms with E-state index in [0.29, 0.717) is 60.5 Å². The van der Waals surface area contributed by atoms with Crippen LogP contribution in [0.3, 0.4) is 0 Å². The number of methoxy groups -OCH3 is 1. The summed E-state index contributed by atoms with van der Waals surface area (Å²) in [6.45, 7) is 6.16. The fourth-order valence-corrected chi connectivity index (χ4v) is 5.76. The van der Waals surface area contributed by atoms with Crippen LogP contribution < -0.4 is 25.6 Å². The fraction of sp³-hybridized carbons (Fsp3) is 0.394. The fourth-order valence-electron chi connectivity index (χ4n) is 5.76. The first kappa shape index (κ1) is 30.2. The number of para-hydroxylation sites is 1. The average molecular weight is 614 g/mol. The molecule has 45 heavy (non-hydrogen) atoms. The van der Waals surface area contributed by atoms with E-state index in [-0.39, 0.29) is 23.7 Å². The number of carbonyl (C=O) groups excluding carboxylic acids is 2. The van der Waals surface area contributed by atoms with Crippen molar-refractivity contribution < 1.29 is 23.8 Å². The molecule has 0 radical (unpaired) electrons.